The molecule has 24 heavy (non-hydrogen) atoms. The lowest BCUT2D eigenvalue weighted by molar-refractivity contribution is 0.628. The Labute approximate surface area is 140 Å². The van der Waals surface area contributed by atoms with Gasteiger partial charge in [0.25, 0.3) is 0 Å². The Morgan fingerprint density at radius 3 is 2.71 bits per heavy atom. The van der Waals surface area contributed by atoms with E-state index in [2.05, 4.69) is 25.8 Å². The molecule has 120 valence electrons. The molecule has 0 fully saturated rings. The van der Waals surface area contributed by atoms with Gasteiger partial charge in [0.1, 0.15) is 5.82 Å². The van der Waals surface area contributed by atoms with Crippen LogP contribution in [0.25, 0.3) is 11.1 Å². The van der Waals surface area contributed by atoms with Crippen molar-refractivity contribution in [2.75, 3.05) is 23.5 Å². The van der Waals surface area contributed by atoms with Gasteiger partial charge in [0.2, 0.25) is 0 Å². The molecule has 0 atom stereocenters. The van der Waals surface area contributed by atoms with Crippen molar-refractivity contribution >= 4 is 11.5 Å². The van der Waals surface area contributed by atoms with Gasteiger partial charge < -0.3 is 9.80 Å². The third kappa shape index (κ3) is 2.69. The molecule has 1 aliphatic rings. The fourth-order valence-electron chi connectivity index (χ4n) is 3.04. The third-order valence-electron chi connectivity index (χ3n) is 4.21. The molecular weight excluding hydrogens is 303 g/mol. The highest BCUT2D eigenvalue weighted by Crippen LogP contribution is 2.37. The summed E-state index contributed by atoms with van der Waals surface area (Å²) in [5.41, 5.74) is 4.02. The van der Waals surface area contributed by atoms with Gasteiger partial charge in [-0.15, -0.1) is 0 Å². The summed E-state index contributed by atoms with van der Waals surface area (Å²) in [4.78, 5) is 13.0. The van der Waals surface area contributed by atoms with Gasteiger partial charge in [0.05, 0.1) is 12.4 Å². The maximum atomic E-state index is 13.5. The molecule has 0 saturated carbocycles. The molecule has 0 radical (unpaired) electrons. The van der Waals surface area contributed by atoms with Crippen LogP contribution < -0.4 is 9.80 Å². The highest BCUT2D eigenvalue weighted by Gasteiger charge is 2.25. The number of hydrogen-bond acceptors (Lipinski definition) is 4. The molecular formula is C19H17FN4. The third-order valence-corrected chi connectivity index (χ3v) is 4.21. The second kappa shape index (κ2) is 5.92. The van der Waals surface area contributed by atoms with E-state index in [1.807, 2.05) is 25.2 Å². The van der Waals surface area contributed by atoms with Gasteiger partial charge in [-0.1, -0.05) is 12.1 Å². The summed E-state index contributed by atoms with van der Waals surface area (Å²) in [6.45, 7) is 1.56. The van der Waals surface area contributed by atoms with E-state index in [1.54, 1.807) is 24.7 Å². The largest absolute Gasteiger partial charge is 0.346 e. The van der Waals surface area contributed by atoms with Gasteiger partial charge in [0, 0.05) is 37.7 Å². The molecule has 0 aliphatic carbocycles. The number of rotatable bonds is 3. The number of halogens is 1. The van der Waals surface area contributed by atoms with E-state index in [9.17, 15) is 4.39 Å². The predicted octanol–water partition coefficient (Wildman–Crippen LogP) is 3.70. The van der Waals surface area contributed by atoms with Gasteiger partial charge in [-0.25, -0.2) is 9.37 Å². The molecule has 0 amide bonds. The van der Waals surface area contributed by atoms with Crippen molar-refractivity contribution in [3.8, 4) is 11.1 Å². The Bertz CT molecular complexity index is 866. The van der Waals surface area contributed by atoms with E-state index in [1.165, 1.54) is 17.7 Å². The molecule has 0 N–H and O–H groups in total. The van der Waals surface area contributed by atoms with E-state index >= 15 is 0 Å². The summed E-state index contributed by atoms with van der Waals surface area (Å²) < 4.78 is 13.5. The first-order valence-corrected chi connectivity index (χ1v) is 7.82. The van der Waals surface area contributed by atoms with Crippen LogP contribution in [0.15, 0.2) is 61.1 Å². The van der Waals surface area contributed by atoms with Crippen LogP contribution in [0.5, 0.6) is 0 Å². The smallest absolute Gasteiger partial charge is 0.153 e. The zero-order valence-electron chi connectivity index (χ0n) is 13.4. The maximum Gasteiger partial charge on any atom is 0.153 e. The van der Waals surface area contributed by atoms with Crippen molar-refractivity contribution in [3.05, 3.63) is 72.4 Å². The molecule has 0 saturated heterocycles. The molecule has 0 spiro atoms. The second-order valence-electron chi connectivity index (χ2n) is 5.97. The first-order valence-electron chi connectivity index (χ1n) is 7.82. The van der Waals surface area contributed by atoms with Crippen molar-refractivity contribution in [2.45, 2.75) is 6.54 Å². The number of fused-ring (bicyclic) bond motifs is 1. The molecule has 2 aromatic heterocycles. The van der Waals surface area contributed by atoms with Crippen molar-refractivity contribution in [3.63, 3.8) is 0 Å². The SMILES string of the molecule is CN1CN(Cc2ccncc2)c2cc(-c3cccc(F)c3)cnc21. The van der Waals surface area contributed by atoms with Gasteiger partial charge in [-0.05, 0) is 41.5 Å². The molecule has 5 heteroatoms. The van der Waals surface area contributed by atoms with E-state index in [4.69, 9.17) is 0 Å². The van der Waals surface area contributed by atoms with Crippen LogP contribution in [0.2, 0.25) is 0 Å². The number of aromatic nitrogens is 2. The van der Waals surface area contributed by atoms with Crippen molar-refractivity contribution in [1.29, 1.82) is 0 Å². The lowest BCUT2D eigenvalue weighted by atomic mass is 10.1. The summed E-state index contributed by atoms with van der Waals surface area (Å²) in [7, 11) is 2.03. The van der Waals surface area contributed by atoms with Crippen LogP contribution in [-0.4, -0.2) is 23.7 Å². The number of benzene rings is 1. The molecule has 3 heterocycles. The van der Waals surface area contributed by atoms with Crippen LogP contribution in [0.3, 0.4) is 0 Å². The van der Waals surface area contributed by atoms with Crippen molar-refractivity contribution in [1.82, 2.24) is 9.97 Å². The van der Waals surface area contributed by atoms with Crippen LogP contribution in [0.4, 0.5) is 15.9 Å². The minimum absolute atomic E-state index is 0.237. The maximum absolute atomic E-state index is 13.5. The average Bonchev–Trinajstić information content (AvgIpc) is 2.91. The Balaban J connectivity index is 1.70. The summed E-state index contributed by atoms with van der Waals surface area (Å²) in [6, 6.07) is 12.7. The second-order valence-corrected chi connectivity index (χ2v) is 5.97. The van der Waals surface area contributed by atoms with Gasteiger partial charge in [-0.2, -0.15) is 0 Å². The van der Waals surface area contributed by atoms with E-state index in [0.717, 1.165) is 35.8 Å². The van der Waals surface area contributed by atoms with Crippen LogP contribution >= 0.6 is 0 Å². The number of hydrogen-bond donors (Lipinski definition) is 0. The molecule has 0 unspecified atom stereocenters. The Hall–Kier alpha value is -2.95. The van der Waals surface area contributed by atoms with Crippen molar-refractivity contribution < 1.29 is 4.39 Å². The predicted molar refractivity (Wildman–Crippen MR) is 93.3 cm³/mol. The fraction of sp³-hybridized carbons (Fsp3) is 0.158. The van der Waals surface area contributed by atoms with Crippen LogP contribution in [0, 0.1) is 5.82 Å². The molecule has 1 aromatic carbocycles. The number of nitrogens with zero attached hydrogens (tertiary/aromatic N) is 4. The average molecular weight is 320 g/mol. The normalized spacial score (nSPS) is 13.2. The van der Waals surface area contributed by atoms with E-state index in [-0.39, 0.29) is 5.82 Å². The molecule has 4 rings (SSSR count). The summed E-state index contributed by atoms with van der Waals surface area (Å²) >= 11 is 0. The molecule has 3 aromatic rings. The van der Waals surface area contributed by atoms with Gasteiger partial charge in [-0.3, -0.25) is 4.98 Å². The van der Waals surface area contributed by atoms with E-state index < -0.39 is 0 Å². The van der Waals surface area contributed by atoms with Crippen molar-refractivity contribution in [2.24, 2.45) is 0 Å². The van der Waals surface area contributed by atoms with E-state index in [0.29, 0.717) is 0 Å². The Kier molecular flexibility index (Phi) is 3.61. The Morgan fingerprint density at radius 2 is 1.92 bits per heavy atom. The number of anilines is 2. The Morgan fingerprint density at radius 1 is 1.08 bits per heavy atom. The minimum Gasteiger partial charge on any atom is -0.346 e. The lowest BCUT2D eigenvalue weighted by Gasteiger charge is -2.19. The summed E-state index contributed by atoms with van der Waals surface area (Å²) in [5, 5.41) is 0. The quantitative estimate of drug-likeness (QED) is 0.736. The van der Waals surface area contributed by atoms with Gasteiger partial charge in [0.15, 0.2) is 5.82 Å². The first kappa shape index (κ1) is 14.6. The van der Waals surface area contributed by atoms with Gasteiger partial charge >= 0.3 is 0 Å². The monoisotopic (exact) mass is 320 g/mol. The van der Waals surface area contributed by atoms with Crippen LogP contribution in [-0.2, 0) is 6.54 Å². The zero-order valence-corrected chi connectivity index (χ0v) is 13.4. The molecule has 1 aliphatic heterocycles. The van der Waals surface area contributed by atoms with Crippen LogP contribution in [0.1, 0.15) is 5.56 Å². The first-order chi connectivity index (χ1) is 11.7. The highest BCUT2D eigenvalue weighted by molar-refractivity contribution is 5.78. The molecule has 4 nitrogen and oxygen atoms in total. The number of pyridine rings is 2. The highest BCUT2D eigenvalue weighted by atomic mass is 19.1. The fourth-order valence-corrected chi connectivity index (χ4v) is 3.04. The zero-order chi connectivity index (χ0) is 16.5. The summed E-state index contributed by atoms with van der Waals surface area (Å²) in [6.07, 6.45) is 5.41. The lowest BCUT2D eigenvalue weighted by Crippen LogP contribution is -2.27. The standard InChI is InChI=1S/C19H17FN4/c1-23-13-24(12-14-5-7-21-8-6-14)18-10-16(11-22-19(18)23)15-3-2-4-17(20)9-15/h2-11H,12-13H2,1H3. The topological polar surface area (TPSA) is 32.3 Å². The summed E-state index contributed by atoms with van der Waals surface area (Å²) in [5.74, 6) is 0.711. The minimum atomic E-state index is -0.237. The molecule has 0 bridgehead atoms.